The summed E-state index contributed by atoms with van der Waals surface area (Å²) in [5.74, 6) is -0.233. The highest BCUT2D eigenvalue weighted by molar-refractivity contribution is 7.92. The van der Waals surface area contributed by atoms with Gasteiger partial charge in [-0.15, -0.1) is 0 Å². The summed E-state index contributed by atoms with van der Waals surface area (Å²) in [6, 6.07) is 27.7. The molecule has 2 amide bonds. The van der Waals surface area contributed by atoms with Gasteiger partial charge in [0.05, 0.1) is 17.7 Å². The van der Waals surface area contributed by atoms with Crippen LogP contribution in [-0.2, 0) is 32.6 Å². The molecule has 4 rings (SSSR count). The van der Waals surface area contributed by atoms with E-state index in [1.54, 1.807) is 43.5 Å². The number of carbonyl (C=O) groups is 2. The van der Waals surface area contributed by atoms with Gasteiger partial charge in [0.1, 0.15) is 18.3 Å². The van der Waals surface area contributed by atoms with Gasteiger partial charge in [0.25, 0.3) is 10.0 Å². The molecule has 8 nitrogen and oxygen atoms in total. The van der Waals surface area contributed by atoms with E-state index in [2.05, 4.69) is 5.32 Å². The molecule has 0 fully saturated rings. The van der Waals surface area contributed by atoms with Crippen LogP contribution in [0.2, 0.25) is 0 Å². The minimum atomic E-state index is -4.18. The summed E-state index contributed by atoms with van der Waals surface area (Å²) < 4.78 is 35.2. The molecule has 0 aliphatic rings. The van der Waals surface area contributed by atoms with Crippen LogP contribution < -0.4 is 14.4 Å². The molecule has 46 heavy (non-hydrogen) atoms. The summed E-state index contributed by atoms with van der Waals surface area (Å²) in [6.07, 6.45) is 0.239. The number of carbonyl (C=O) groups excluding carboxylic acids is 2. The summed E-state index contributed by atoms with van der Waals surface area (Å²) in [5, 5.41) is 2.98. The Morgan fingerprint density at radius 2 is 1.46 bits per heavy atom. The van der Waals surface area contributed by atoms with Crippen LogP contribution in [0.5, 0.6) is 5.75 Å². The summed E-state index contributed by atoms with van der Waals surface area (Å²) in [4.78, 5) is 30.0. The molecule has 9 heteroatoms. The lowest BCUT2D eigenvalue weighted by atomic mass is 10.0. The van der Waals surface area contributed by atoms with E-state index >= 15 is 0 Å². The van der Waals surface area contributed by atoms with Crippen LogP contribution >= 0.6 is 0 Å². The Morgan fingerprint density at radius 3 is 2.09 bits per heavy atom. The molecule has 4 aromatic rings. The first kappa shape index (κ1) is 34.2. The molecule has 1 atom stereocenters. The number of hydrogen-bond acceptors (Lipinski definition) is 5. The van der Waals surface area contributed by atoms with Crippen LogP contribution in [0.3, 0.4) is 0 Å². The third-order valence-electron chi connectivity index (χ3n) is 7.70. The SMILES string of the molecule is COc1cccc(CN(C(=O)CN(c2ccc(C)cc2C)S(=O)(=O)c2ccc(C)cc2)[C@@H](Cc2ccccc2)C(=O)NC(C)C)c1. The molecular weight excluding hydrogens is 598 g/mol. The highest BCUT2D eigenvalue weighted by Gasteiger charge is 2.35. The van der Waals surface area contributed by atoms with Gasteiger partial charge < -0.3 is 15.0 Å². The van der Waals surface area contributed by atoms with Crippen molar-refractivity contribution in [2.45, 2.75) is 64.6 Å². The molecule has 1 N–H and O–H groups in total. The van der Waals surface area contributed by atoms with Gasteiger partial charge in [0, 0.05) is 19.0 Å². The summed E-state index contributed by atoms with van der Waals surface area (Å²) in [7, 11) is -2.61. The maximum absolute atomic E-state index is 14.6. The molecule has 0 unspecified atom stereocenters. The van der Waals surface area contributed by atoms with Crippen molar-refractivity contribution in [2.75, 3.05) is 18.0 Å². The van der Waals surface area contributed by atoms with E-state index < -0.39 is 28.5 Å². The Hall–Kier alpha value is -4.63. The molecule has 0 aromatic heterocycles. The minimum Gasteiger partial charge on any atom is -0.497 e. The minimum absolute atomic E-state index is 0.0599. The second kappa shape index (κ2) is 15.1. The standard InChI is InChI=1S/C37H43N3O5S/c1-26(2)38-37(42)35(23-30-11-8-7-9-12-30)39(24-31-13-10-14-32(22-31)45-6)36(41)25-40(34-20-17-28(4)21-29(34)5)46(43,44)33-18-15-27(3)16-19-33/h7-22,26,35H,23-25H2,1-6H3,(H,38,42)/t35-/m0/s1. The fourth-order valence-corrected chi connectivity index (χ4v) is 6.82. The van der Waals surface area contributed by atoms with Crippen molar-refractivity contribution in [2.24, 2.45) is 0 Å². The van der Waals surface area contributed by atoms with Crippen molar-refractivity contribution in [3.63, 3.8) is 0 Å². The number of hydrogen-bond donors (Lipinski definition) is 1. The zero-order chi connectivity index (χ0) is 33.4. The quantitative estimate of drug-likeness (QED) is 0.194. The third kappa shape index (κ3) is 8.54. The first-order valence-corrected chi connectivity index (χ1v) is 16.8. The highest BCUT2D eigenvalue weighted by atomic mass is 32.2. The Kier molecular flexibility index (Phi) is 11.2. The number of sulfonamides is 1. The van der Waals surface area contributed by atoms with E-state index in [1.807, 2.05) is 95.3 Å². The van der Waals surface area contributed by atoms with E-state index in [0.717, 1.165) is 26.6 Å². The van der Waals surface area contributed by atoms with Crippen molar-refractivity contribution in [3.05, 3.63) is 125 Å². The van der Waals surface area contributed by atoms with Gasteiger partial charge in [-0.1, -0.05) is 77.9 Å². The third-order valence-corrected chi connectivity index (χ3v) is 9.47. The monoisotopic (exact) mass is 641 g/mol. The van der Waals surface area contributed by atoms with Gasteiger partial charge >= 0.3 is 0 Å². The maximum atomic E-state index is 14.6. The molecule has 0 bridgehead atoms. The van der Waals surface area contributed by atoms with Crippen molar-refractivity contribution < 1.29 is 22.7 Å². The molecule has 0 radical (unpaired) electrons. The number of nitrogens with zero attached hydrogens (tertiary/aromatic N) is 2. The molecule has 242 valence electrons. The van der Waals surface area contributed by atoms with Gasteiger partial charge in [-0.05, 0) is 81.6 Å². The van der Waals surface area contributed by atoms with Crippen LogP contribution in [0.25, 0.3) is 0 Å². The largest absolute Gasteiger partial charge is 0.497 e. The van der Waals surface area contributed by atoms with E-state index in [4.69, 9.17) is 4.74 Å². The van der Waals surface area contributed by atoms with Crippen LogP contribution in [0, 0.1) is 20.8 Å². The fourth-order valence-electron chi connectivity index (χ4n) is 5.34. The van der Waals surface area contributed by atoms with E-state index in [0.29, 0.717) is 17.0 Å². The molecule has 0 saturated heterocycles. The number of aryl methyl sites for hydroxylation is 3. The van der Waals surface area contributed by atoms with Gasteiger partial charge in [-0.2, -0.15) is 0 Å². The van der Waals surface area contributed by atoms with Gasteiger partial charge in [-0.3, -0.25) is 13.9 Å². The van der Waals surface area contributed by atoms with Gasteiger partial charge in [-0.25, -0.2) is 8.42 Å². The van der Waals surface area contributed by atoms with Crippen molar-refractivity contribution in [3.8, 4) is 5.75 Å². The van der Waals surface area contributed by atoms with Crippen LogP contribution in [0.1, 0.15) is 41.7 Å². The summed E-state index contributed by atoms with van der Waals surface area (Å²) in [6.45, 7) is 8.91. The summed E-state index contributed by atoms with van der Waals surface area (Å²) in [5.41, 5.74) is 4.59. The second-order valence-corrected chi connectivity index (χ2v) is 13.7. The molecule has 0 saturated carbocycles. The predicted molar refractivity (Wildman–Crippen MR) is 182 cm³/mol. The van der Waals surface area contributed by atoms with E-state index in [-0.39, 0.29) is 29.8 Å². The van der Waals surface area contributed by atoms with Crippen LogP contribution in [0.4, 0.5) is 5.69 Å². The van der Waals surface area contributed by atoms with Crippen molar-refractivity contribution >= 4 is 27.5 Å². The number of methoxy groups -OCH3 is 1. The number of rotatable bonds is 13. The van der Waals surface area contributed by atoms with E-state index in [9.17, 15) is 18.0 Å². The average molecular weight is 642 g/mol. The van der Waals surface area contributed by atoms with Crippen LogP contribution in [-0.4, -0.2) is 50.9 Å². The zero-order valence-electron chi connectivity index (χ0n) is 27.4. The Labute approximate surface area is 273 Å². The van der Waals surface area contributed by atoms with Crippen LogP contribution in [0.15, 0.2) is 102 Å². The Bertz CT molecular complexity index is 1760. The number of anilines is 1. The lowest BCUT2D eigenvalue weighted by molar-refractivity contribution is -0.140. The highest BCUT2D eigenvalue weighted by Crippen LogP contribution is 2.29. The zero-order valence-corrected chi connectivity index (χ0v) is 28.2. The number of ether oxygens (including phenoxy) is 1. The smallest absolute Gasteiger partial charge is 0.264 e. The topological polar surface area (TPSA) is 96.0 Å². The van der Waals surface area contributed by atoms with Crippen molar-refractivity contribution in [1.29, 1.82) is 0 Å². The molecular formula is C37H43N3O5S. The summed E-state index contributed by atoms with van der Waals surface area (Å²) >= 11 is 0. The lowest BCUT2D eigenvalue weighted by Crippen LogP contribution is -2.54. The fraction of sp³-hybridized carbons (Fsp3) is 0.297. The molecule has 0 aliphatic heterocycles. The number of nitrogens with one attached hydrogen (secondary N) is 1. The first-order valence-electron chi connectivity index (χ1n) is 15.3. The maximum Gasteiger partial charge on any atom is 0.264 e. The lowest BCUT2D eigenvalue weighted by Gasteiger charge is -2.34. The average Bonchev–Trinajstić information content (AvgIpc) is 3.02. The number of amides is 2. The second-order valence-electron chi connectivity index (χ2n) is 11.9. The first-order chi connectivity index (χ1) is 21.9. The molecule has 0 spiro atoms. The normalized spacial score (nSPS) is 12.0. The Balaban J connectivity index is 1.84. The molecule has 4 aromatic carbocycles. The van der Waals surface area contributed by atoms with Gasteiger partial charge in [0.2, 0.25) is 11.8 Å². The number of benzene rings is 4. The molecule has 0 aliphatic carbocycles. The predicted octanol–water partition coefficient (Wildman–Crippen LogP) is 5.98. The van der Waals surface area contributed by atoms with Crippen molar-refractivity contribution in [1.82, 2.24) is 10.2 Å². The molecule has 0 heterocycles. The Morgan fingerprint density at radius 1 is 0.804 bits per heavy atom. The van der Waals surface area contributed by atoms with E-state index in [1.165, 1.54) is 4.90 Å². The van der Waals surface area contributed by atoms with Gasteiger partial charge in [0.15, 0.2) is 0 Å².